The van der Waals surface area contributed by atoms with Gasteiger partial charge in [-0.25, -0.2) is 0 Å². The summed E-state index contributed by atoms with van der Waals surface area (Å²) >= 11 is 4.40. The lowest BCUT2D eigenvalue weighted by atomic mass is 10.0. The molecule has 0 atom stereocenters. The highest BCUT2D eigenvalue weighted by atomic mass is 32.1. The van der Waals surface area contributed by atoms with Gasteiger partial charge < -0.3 is 0 Å². The fourth-order valence-corrected chi connectivity index (χ4v) is 1.60. The average molecular weight is 178 g/mol. The summed E-state index contributed by atoms with van der Waals surface area (Å²) in [6.07, 6.45) is 3.21. The molecule has 0 amide bonds. The van der Waals surface area contributed by atoms with Crippen molar-refractivity contribution in [2.75, 3.05) is 0 Å². The molecule has 0 saturated heterocycles. The van der Waals surface area contributed by atoms with E-state index in [1.807, 2.05) is 18.2 Å². The number of rotatable bonds is 2. The number of thiol groups is 1. The van der Waals surface area contributed by atoms with E-state index in [2.05, 4.69) is 38.6 Å². The Labute approximate surface area is 79.7 Å². The molecule has 0 heterocycles. The van der Waals surface area contributed by atoms with Crippen LogP contribution in [0.4, 0.5) is 0 Å². The molecule has 0 unspecified atom stereocenters. The van der Waals surface area contributed by atoms with Gasteiger partial charge in [-0.05, 0) is 30.5 Å². The first kappa shape index (κ1) is 9.40. The van der Waals surface area contributed by atoms with Crippen molar-refractivity contribution in [2.24, 2.45) is 0 Å². The van der Waals surface area contributed by atoms with Gasteiger partial charge in [0.05, 0.1) is 0 Å². The monoisotopic (exact) mass is 178 g/mol. The van der Waals surface area contributed by atoms with Gasteiger partial charge in [0.15, 0.2) is 0 Å². The van der Waals surface area contributed by atoms with Gasteiger partial charge in [0.25, 0.3) is 0 Å². The molecule has 1 aromatic rings. The molecule has 1 aromatic carbocycles. The summed E-state index contributed by atoms with van der Waals surface area (Å²) in [7, 11) is 0. The number of hydrogen-bond donors (Lipinski definition) is 1. The summed E-state index contributed by atoms with van der Waals surface area (Å²) in [5.41, 5.74) is 2.62. The van der Waals surface area contributed by atoms with Crippen LogP contribution in [0, 0.1) is 0 Å². The molecule has 0 nitrogen and oxygen atoms in total. The van der Waals surface area contributed by atoms with Crippen LogP contribution < -0.4 is 0 Å². The van der Waals surface area contributed by atoms with Gasteiger partial charge in [-0.1, -0.05) is 31.2 Å². The largest absolute Gasteiger partial charge is 0.143 e. The Kier molecular flexibility index (Phi) is 3.42. The number of benzene rings is 1. The van der Waals surface area contributed by atoms with E-state index in [0.29, 0.717) is 0 Å². The zero-order valence-corrected chi connectivity index (χ0v) is 8.44. The van der Waals surface area contributed by atoms with Gasteiger partial charge >= 0.3 is 0 Å². The third-order valence-corrected chi connectivity index (χ3v) is 2.37. The summed E-state index contributed by atoms with van der Waals surface area (Å²) in [5, 5.41) is 0. The van der Waals surface area contributed by atoms with Crippen molar-refractivity contribution in [3.8, 4) is 0 Å². The van der Waals surface area contributed by atoms with E-state index in [-0.39, 0.29) is 0 Å². The number of allylic oxidation sites excluding steroid dienone is 2. The second-order valence-electron chi connectivity index (χ2n) is 2.68. The van der Waals surface area contributed by atoms with Crippen molar-refractivity contribution in [3.63, 3.8) is 0 Å². The topological polar surface area (TPSA) is 0 Å². The van der Waals surface area contributed by atoms with Gasteiger partial charge in [0, 0.05) is 4.90 Å². The highest BCUT2D eigenvalue weighted by molar-refractivity contribution is 7.80. The molecule has 0 aliphatic carbocycles. The summed E-state index contributed by atoms with van der Waals surface area (Å²) in [6, 6.07) is 8.20. The van der Waals surface area contributed by atoms with Gasteiger partial charge in [-0.3, -0.25) is 0 Å². The van der Waals surface area contributed by atoms with Crippen LogP contribution in [-0.2, 0) is 0 Å². The Morgan fingerprint density at radius 1 is 1.42 bits per heavy atom. The van der Waals surface area contributed by atoms with Crippen LogP contribution in [0.2, 0.25) is 0 Å². The predicted octanol–water partition coefficient (Wildman–Crippen LogP) is 3.79. The quantitative estimate of drug-likeness (QED) is 0.654. The maximum Gasteiger partial charge on any atom is 0.0115 e. The van der Waals surface area contributed by atoms with E-state index >= 15 is 0 Å². The second-order valence-corrected chi connectivity index (χ2v) is 3.17. The van der Waals surface area contributed by atoms with Crippen LogP contribution in [0.15, 0.2) is 35.2 Å². The number of hydrogen-bond acceptors (Lipinski definition) is 1. The van der Waals surface area contributed by atoms with Crippen LogP contribution in [0.25, 0.3) is 5.57 Å². The van der Waals surface area contributed by atoms with Gasteiger partial charge in [-0.15, -0.1) is 12.6 Å². The Morgan fingerprint density at radius 3 is 2.58 bits per heavy atom. The maximum absolute atomic E-state index is 4.40. The van der Waals surface area contributed by atoms with Crippen molar-refractivity contribution in [3.05, 3.63) is 35.9 Å². The molecule has 64 valence electrons. The molecule has 0 aliphatic heterocycles. The minimum Gasteiger partial charge on any atom is -0.143 e. The summed E-state index contributed by atoms with van der Waals surface area (Å²) in [4.78, 5) is 1.06. The SMILES string of the molecule is C/C=C(/CC)c1ccccc1S. The molecule has 12 heavy (non-hydrogen) atoms. The maximum atomic E-state index is 4.40. The lowest BCUT2D eigenvalue weighted by molar-refractivity contribution is 1.21. The first-order valence-corrected chi connectivity index (χ1v) is 4.67. The Hall–Kier alpha value is -0.690. The first-order valence-electron chi connectivity index (χ1n) is 4.23. The average Bonchev–Trinajstić information content (AvgIpc) is 2.10. The molecule has 0 aromatic heterocycles. The summed E-state index contributed by atoms with van der Waals surface area (Å²) in [6.45, 7) is 4.23. The first-order chi connectivity index (χ1) is 5.79. The van der Waals surface area contributed by atoms with E-state index < -0.39 is 0 Å². The van der Waals surface area contributed by atoms with Crippen molar-refractivity contribution < 1.29 is 0 Å². The van der Waals surface area contributed by atoms with Crippen LogP contribution >= 0.6 is 12.6 Å². The zero-order chi connectivity index (χ0) is 8.97. The highest BCUT2D eigenvalue weighted by Gasteiger charge is 2.00. The van der Waals surface area contributed by atoms with E-state index in [9.17, 15) is 0 Å². The van der Waals surface area contributed by atoms with Crippen molar-refractivity contribution in [2.45, 2.75) is 25.2 Å². The smallest absolute Gasteiger partial charge is 0.0115 e. The van der Waals surface area contributed by atoms with Crippen LogP contribution in [0.5, 0.6) is 0 Å². The highest BCUT2D eigenvalue weighted by Crippen LogP contribution is 2.23. The second kappa shape index (κ2) is 4.36. The molecular formula is C11H14S. The van der Waals surface area contributed by atoms with E-state index in [0.717, 1.165) is 11.3 Å². The Morgan fingerprint density at radius 2 is 2.08 bits per heavy atom. The third kappa shape index (κ3) is 1.92. The molecule has 1 rings (SSSR count). The minimum atomic E-state index is 1.06. The van der Waals surface area contributed by atoms with E-state index in [1.165, 1.54) is 11.1 Å². The van der Waals surface area contributed by atoms with Crippen molar-refractivity contribution in [1.82, 2.24) is 0 Å². The third-order valence-electron chi connectivity index (χ3n) is 1.98. The fourth-order valence-electron chi connectivity index (χ4n) is 1.30. The molecule has 0 fully saturated rings. The van der Waals surface area contributed by atoms with E-state index in [4.69, 9.17) is 0 Å². The van der Waals surface area contributed by atoms with Crippen LogP contribution in [-0.4, -0.2) is 0 Å². The standard InChI is InChI=1S/C11H14S/c1-3-9(4-2)10-7-5-6-8-11(10)12/h3,5-8,12H,4H2,1-2H3/b9-3-. The van der Waals surface area contributed by atoms with Crippen LogP contribution in [0.3, 0.4) is 0 Å². The lowest BCUT2D eigenvalue weighted by Gasteiger charge is -2.06. The molecule has 0 radical (unpaired) electrons. The summed E-state index contributed by atoms with van der Waals surface area (Å²) < 4.78 is 0. The molecule has 0 bridgehead atoms. The Bertz CT molecular complexity index is 287. The molecule has 0 spiro atoms. The fraction of sp³-hybridized carbons (Fsp3) is 0.273. The molecule has 0 saturated carbocycles. The summed E-state index contributed by atoms with van der Waals surface area (Å²) in [5.74, 6) is 0. The van der Waals surface area contributed by atoms with E-state index in [1.54, 1.807) is 0 Å². The zero-order valence-electron chi connectivity index (χ0n) is 7.54. The van der Waals surface area contributed by atoms with Gasteiger partial charge in [0.2, 0.25) is 0 Å². The normalized spacial score (nSPS) is 11.8. The molecule has 0 N–H and O–H groups in total. The minimum absolute atomic E-state index is 1.06. The Balaban J connectivity index is 3.10. The van der Waals surface area contributed by atoms with Crippen molar-refractivity contribution in [1.29, 1.82) is 0 Å². The predicted molar refractivity (Wildman–Crippen MR) is 57.6 cm³/mol. The van der Waals surface area contributed by atoms with Crippen LogP contribution in [0.1, 0.15) is 25.8 Å². The molecular weight excluding hydrogens is 164 g/mol. The van der Waals surface area contributed by atoms with Crippen molar-refractivity contribution >= 4 is 18.2 Å². The van der Waals surface area contributed by atoms with Gasteiger partial charge in [0.1, 0.15) is 0 Å². The molecule has 1 heteroatoms. The molecule has 0 aliphatic rings. The lowest BCUT2D eigenvalue weighted by Crippen LogP contribution is -1.83. The van der Waals surface area contributed by atoms with Gasteiger partial charge in [-0.2, -0.15) is 0 Å².